The Balaban J connectivity index is 0.00000196. The van der Waals surface area contributed by atoms with Crippen LogP contribution in [0.25, 0.3) is 0 Å². The maximum Gasteiger partial charge on any atom is 1.00 e. The third-order valence-electron chi connectivity index (χ3n) is 1.64. The van der Waals surface area contributed by atoms with Crippen LogP contribution in [-0.2, 0) is 6.32 Å². The van der Waals surface area contributed by atoms with Crippen molar-refractivity contribution in [2.45, 2.75) is 6.32 Å². The van der Waals surface area contributed by atoms with E-state index >= 15 is 0 Å². The Hall–Kier alpha value is 0.181. The Morgan fingerprint density at radius 2 is 1.87 bits per heavy atom. The van der Waals surface area contributed by atoms with Gasteiger partial charge in [0.05, 0.1) is 0 Å². The van der Waals surface area contributed by atoms with E-state index < -0.39 is 13.3 Å². The molecule has 0 unspecified atom stereocenters. The van der Waals surface area contributed by atoms with Crippen molar-refractivity contribution < 1.29 is 69.1 Å². The van der Waals surface area contributed by atoms with Gasteiger partial charge in [-0.2, -0.15) is 0 Å². The fourth-order valence-corrected chi connectivity index (χ4v) is 1.20. The molecule has 0 fully saturated rings. The number of carbonyl (C=O) groups is 1. The number of carbonyl (C=O) groups excluding carboxylic acids is 1. The zero-order chi connectivity index (χ0) is 10.8. The summed E-state index contributed by atoms with van der Waals surface area (Å²) in [6.45, 7) is -4.89. The maximum absolute atomic E-state index is 12.0. The average molecular weight is 241 g/mol. The summed E-state index contributed by atoms with van der Waals surface area (Å²) in [5.41, 5.74) is 5.70. The van der Waals surface area contributed by atoms with Crippen LogP contribution in [0.15, 0.2) is 18.2 Å². The fraction of sp³-hybridized carbons (Fsp3) is 0.125. The molecule has 0 aromatic heterocycles. The van der Waals surface area contributed by atoms with Crippen molar-refractivity contribution in [1.82, 2.24) is 0 Å². The second kappa shape index (κ2) is 6.05. The van der Waals surface area contributed by atoms with Gasteiger partial charge in [0.15, 0.2) is 0 Å². The van der Waals surface area contributed by atoms with Crippen LogP contribution in [0.3, 0.4) is 0 Å². The van der Waals surface area contributed by atoms with E-state index in [2.05, 4.69) is 0 Å². The largest absolute Gasteiger partial charge is 1.00 e. The molecule has 0 aliphatic carbocycles. The Kier molecular flexibility index (Phi) is 6.12. The first-order valence-electron chi connectivity index (χ1n) is 3.96. The molecule has 76 valence electrons. The molecule has 0 bridgehead atoms. The zero-order valence-electron chi connectivity index (χ0n) is 8.21. The minimum Gasteiger partial charge on any atom is -0.449 e. The Bertz CT molecular complexity index is 356. The van der Waals surface area contributed by atoms with Crippen molar-refractivity contribution in [3.63, 3.8) is 0 Å². The minimum atomic E-state index is -4.89. The zero-order valence-corrected chi connectivity index (χ0v) is 11.3. The molecule has 0 aliphatic heterocycles. The molecule has 0 spiro atoms. The van der Waals surface area contributed by atoms with Crippen molar-refractivity contribution in [3.8, 4) is 0 Å². The second-order valence-corrected chi connectivity index (χ2v) is 3.04. The normalized spacial score (nSPS) is 10.6. The number of hydrogen-bond acceptors (Lipinski definition) is 2. The smallest absolute Gasteiger partial charge is 0.449 e. The summed E-state index contributed by atoms with van der Waals surface area (Å²) in [7, 11) is 0. The van der Waals surface area contributed by atoms with E-state index in [1.807, 2.05) is 0 Å². The van der Waals surface area contributed by atoms with Crippen LogP contribution < -0.4 is 57.1 Å². The van der Waals surface area contributed by atoms with Crippen molar-refractivity contribution in [2.24, 2.45) is 0 Å². The maximum atomic E-state index is 12.0. The van der Waals surface area contributed by atoms with Crippen LogP contribution in [0.1, 0.15) is 15.9 Å². The van der Waals surface area contributed by atoms with E-state index in [0.29, 0.717) is 6.29 Å². The van der Waals surface area contributed by atoms with E-state index in [-0.39, 0.29) is 68.2 Å². The van der Waals surface area contributed by atoms with Crippen LogP contribution in [0.4, 0.5) is 18.6 Å². The molecule has 0 amide bonds. The van der Waals surface area contributed by atoms with Crippen LogP contribution in [-0.4, -0.2) is 13.3 Å². The first-order valence-corrected chi connectivity index (χ1v) is 3.96. The summed E-state index contributed by atoms with van der Waals surface area (Å²) in [5.74, 6) is 0. The molecule has 0 atom stereocenters. The van der Waals surface area contributed by atoms with E-state index in [0.717, 1.165) is 0 Å². The molecule has 15 heavy (non-hydrogen) atoms. The van der Waals surface area contributed by atoms with Crippen molar-refractivity contribution in [1.29, 1.82) is 0 Å². The molecule has 2 nitrogen and oxygen atoms in total. The Morgan fingerprint density at radius 3 is 2.33 bits per heavy atom. The van der Waals surface area contributed by atoms with Gasteiger partial charge >= 0.3 is 58.4 Å². The predicted octanol–water partition coefficient (Wildman–Crippen LogP) is -0.986. The molecule has 7 heteroatoms. The molecule has 0 aliphatic rings. The first-order chi connectivity index (χ1) is 6.40. The van der Waals surface area contributed by atoms with Gasteiger partial charge in [0.2, 0.25) is 0 Å². The molecule has 0 heterocycles. The van der Waals surface area contributed by atoms with Crippen LogP contribution in [0.2, 0.25) is 0 Å². The number of aldehydes is 1. The summed E-state index contributed by atoms with van der Waals surface area (Å²) in [5, 5.41) is 0. The molecular formula is C8H8BF3KNO. The van der Waals surface area contributed by atoms with Gasteiger partial charge in [0.1, 0.15) is 6.29 Å². The summed E-state index contributed by atoms with van der Waals surface area (Å²) < 4.78 is 36.1. The second-order valence-electron chi connectivity index (χ2n) is 3.04. The Labute approximate surface area is 128 Å². The van der Waals surface area contributed by atoms with E-state index in [1.165, 1.54) is 18.2 Å². The summed E-state index contributed by atoms with van der Waals surface area (Å²) in [6, 6.07) is 3.75. The molecule has 1 aromatic rings. The van der Waals surface area contributed by atoms with Crippen LogP contribution in [0.5, 0.6) is 0 Å². The molecule has 1 rings (SSSR count). The quantitative estimate of drug-likeness (QED) is 0.419. The van der Waals surface area contributed by atoms with E-state index in [1.54, 1.807) is 0 Å². The number of benzene rings is 1. The van der Waals surface area contributed by atoms with Gasteiger partial charge in [-0.1, -0.05) is 17.9 Å². The van der Waals surface area contributed by atoms with Crippen molar-refractivity contribution in [2.75, 3.05) is 5.73 Å². The Morgan fingerprint density at radius 1 is 1.27 bits per heavy atom. The monoisotopic (exact) mass is 241 g/mol. The molecular weight excluding hydrogens is 233 g/mol. The van der Waals surface area contributed by atoms with Crippen LogP contribution >= 0.6 is 0 Å². The average Bonchev–Trinajstić information content (AvgIpc) is 1.99. The van der Waals surface area contributed by atoms with E-state index in [9.17, 15) is 17.7 Å². The number of nitrogens with two attached hydrogens (primary N) is 1. The standard InChI is InChI=1S/C8H8BF3NO.K/c10-9(11,12)4-6-1-7(5-14)3-8(13)2-6;/h1-3,5H,4,13H2;/q-1;+1. The van der Waals surface area contributed by atoms with Crippen molar-refractivity contribution >= 4 is 19.0 Å². The SMILES string of the molecule is Nc1cc(C=O)cc(C[B-](F)(F)F)c1.[K+]. The number of anilines is 1. The van der Waals surface area contributed by atoms with Gasteiger partial charge in [-0.25, -0.2) is 0 Å². The number of hydrogen-bond donors (Lipinski definition) is 1. The summed E-state index contributed by atoms with van der Waals surface area (Å²) in [4.78, 5) is 10.3. The van der Waals surface area contributed by atoms with E-state index in [4.69, 9.17) is 5.73 Å². The van der Waals surface area contributed by atoms with Crippen molar-refractivity contribution in [3.05, 3.63) is 29.3 Å². The number of halogens is 3. The van der Waals surface area contributed by atoms with Crippen LogP contribution in [0, 0.1) is 0 Å². The van der Waals surface area contributed by atoms with Gasteiger partial charge in [-0.3, -0.25) is 4.79 Å². The molecule has 0 radical (unpaired) electrons. The molecule has 0 saturated heterocycles. The topological polar surface area (TPSA) is 43.1 Å². The third kappa shape index (κ3) is 5.72. The van der Waals surface area contributed by atoms with Gasteiger partial charge in [-0.15, -0.1) is 0 Å². The van der Waals surface area contributed by atoms with Gasteiger partial charge in [-0.05, 0) is 12.1 Å². The predicted molar refractivity (Wildman–Crippen MR) is 49.0 cm³/mol. The fourth-order valence-electron chi connectivity index (χ4n) is 1.20. The first kappa shape index (κ1) is 15.2. The number of rotatable bonds is 3. The molecule has 2 N–H and O–H groups in total. The van der Waals surface area contributed by atoms with Gasteiger partial charge in [0.25, 0.3) is 0 Å². The van der Waals surface area contributed by atoms with Gasteiger partial charge < -0.3 is 18.7 Å². The van der Waals surface area contributed by atoms with Gasteiger partial charge in [0, 0.05) is 11.3 Å². The summed E-state index contributed by atoms with van der Waals surface area (Å²) in [6.07, 6.45) is -0.533. The molecule has 1 aromatic carbocycles. The molecule has 0 saturated carbocycles. The third-order valence-corrected chi connectivity index (χ3v) is 1.64. The summed E-state index contributed by atoms with van der Waals surface area (Å²) >= 11 is 0. The minimum absolute atomic E-state index is 0. The number of nitrogen functional groups attached to an aromatic ring is 1.